The molecule has 3 aliphatic carbocycles. The van der Waals surface area contributed by atoms with Gasteiger partial charge in [0.05, 0.1) is 0 Å². The van der Waals surface area contributed by atoms with E-state index in [-0.39, 0.29) is 5.41 Å². The molecule has 0 spiro atoms. The van der Waals surface area contributed by atoms with Gasteiger partial charge in [0, 0.05) is 5.41 Å². The van der Waals surface area contributed by atoms with Gasteiger partial charge >= 0.3 is 0 Å². The number of benzene rings is 5. The Balaban J connectivity index is 0.00000151. The lowest BCUT2D eigenvalue weighted by Gasteiger charge is -2.25. The van der Waals surface area contributed by atoms with Crippen molar-refractivity contribution in [2.75, 3.05) is 0 Å². The molecule has 8 rings (SSSR count). The van der Waals surface area contributed by atoms with Crippen molar-refractivity contribution in [1.29, 1.82) is 0 Å². The Morgan fingerprint density at radius 3 is 1.85 bits per heavy atom. The molecule has 0 aliphatic heterocycles. The second-order valence-electron chi connectivity index (χ2n) is 15.8. The minimum atomic E-state index is -0.102. The molecule has 0 N–H and O–H groups in total. The molecule has 0 saturated carbocycles. The van der Waals surface area contributed by atoms with E-state index in [0.29, 0.717) is 0 Å². The lowest BCUT2D eigenvalue weighted by molar-refractivity contribution is 0.660. The summed E-state index contributed by atoms with van der Waals surface area (Å²) >= 11 is 0. The first-order chi connectivity index (χ1) is 29.9. The monoisotopic (exact) mass is 797 g/mol. The number of rotatable bonds is 10. The average Bonchev–Trinajstić information content (AvgIpc) is 3.54. The Morgan fingerprint density at radius 1 is 0.623 bits per heavy atom. The molecule has 0 aromatic heterocycles. The SMILES string of the molecule is C=Cc1c(/C=C\C)c(-c2ccc(/C(C3=C(Cc4ccccc4)C=CCC3)=C3\C=CC=CC3)cc2)c(/C=C\C)c(C=C)c1-c1ccc2c(c1)C(C)(C)c1ccccc1-2.CC.CC. The summed E-state index contributed by atoms with van der Waals surface area (Å²) < 4.78 is 0. The average molecular weight is 797 g/mol. The number of hydrogen-bond donors (Lipinski definition) is 0. The van der Waals surface area contributed by atoms with Gasteiger partial charge in [-0.3, -0.25) is 0 Å². The highest BCUT2D eigenvalue weighted by atomic mass is 14.4. The molecular formula is C61H64. The Labute approximate surface area is 368 Å². The Bertz CT molecular complexity index is 2560. The molecule has 0 unspecified atom stereocenters. The van der Waals surface area contributed by atoms with Gasteiger partial charge < -0.3 is 0 Å². The first-order valence-electron chi connectivity index (χ1n) is 22.5. The number of allylic oxidation sites excluding steroid dienone is 12. The van der Waals surface area contributed by atoms with Crippen LogP contribution in [0.25, 0.3) is 63.3 Å². The summed E-state index contributed by atoms with van der Waals surface area (Å²) in [5.41, 5.74) is 22.8. The Kier molecular flexibility index (Phi) is 14.8. The van der Waals surface area contributed by atoms with Crippen molar-refractivity contribution < 1.29 is 0 Å². The predicted molar refractivity (Wildman–Crippen MR) is 273 cm³/mol. The van der Waals surface area contributed by atoms with Gasteiger partial charge in [-0.15, -0.1) is 0 Å². The maximum atomic E-state index is 4.44. The zero-order valence-corrected chi connectivity index (χ0v) is 37.9. The van der Waals surface area contributed by atoms with Crippen molar-refractivity contribution >= 4 is 29.9 Å². The fourth-order valence-electron chi connectivity index (χ4n) is 9.45. The quantitative estimate of drug-likeness (QED) is 0.132. The van der Waals surface area contributed by atoms with Crippen molar-refractivity contribution in [1.82, 2.24) is 0 Å². The van der Waals surface area contributed by atoms with E-state index in [1.807, 2.05) is 39.8 Å². The Morgan fingerprint density at radius 2 is 1.23 bits per heavy atom. The van der Waals surface area contributed by atoms with Crippen LogP contribution in [0.3, 0.4) is 0 Å². The van der Waals surface area contributed by atoms with E-state index >= 15 is 0 Å². The maximum Gasteiger partial charge on any atom is 0.0159 e. The zero-order chi connectivity index (χ0) is 43.5. The predicted octanol–water partition coefficient (Wildman–Crippen LogP) is 17.9. The highest BCUT2D eigenvalue weighted by Gasteiger charge is 2.35. The van der Waals surface area contributed by atoms with Crippen LogP contribution in [-0.2, 0) is 11.8 Å². The Hall–Kier alpha value is -6.24. The van der Waals surface area contributed by atoms with Crippen LogP contribution in [0.15, 0.2) is 176 Å². The van der Waals surface area contributed by atoms with Gasteiger partial charge in [0.2, 0.25) is 0 Å². The highest BCUT2D eigenvalue weighted by molar-refractivity contribution is 6.00. The second kappa shape index (κ2) is 20.3. The third kappa shape index (κ3) is 8.69. The maximum absolute atomic E-state index is 4.44. The topological polar surface area (TPSA) is 0 Å². The molecule has 5 aromatic carbocycles. The van der Waals surface area contributed by atoms with Crippen LogP contribution in [-0.4, -0.2) is 0 Å². The largest absolute Gasteiger partial charge is 0.0984 e. The van der Waals surface area contributed by atoms with E-state index in [9.17, 15) is 0 Å². The molecule has 5 aromatic rings. The lowest BCUT2D eigenvalue weighted by Crippen LogP contribution is -2.15. The van der Waals surface area contributed by atoms with Crippen LogP contribution in [0.2, 0.25) is 0 Å². The third-order valence-corrected chi connectivity index (χ3v) is 12.1. The summed E-state index contributed by atoms with van der Waals surface area (Å²) in [4.78, 5) is 0. The van der Waals surface area contributed by atoms with Gasteiger partial charge in [0.1, 0.15) is 0 Å². The minimum absolute atomic E-state index is 0.102. The molecule has 308 valence electrons. The van der Waals surface area contributed by atoms with Crippen LogP contribution < -0.4 is 0 Å². The molecule has 0 radical (unpaired) electrons. The summed E-state index contributed by atoms with van der Waals surface area (Å²) in [5.74, 6) is 0. The zero-order valence-electron chi connectivity index (χ0n) is 37.9. The van der Waals surface area contributed by atoms with Crippen molar-refractivity contribution in [3.63, 3.8) is 0 Å². The molecule has 0 fully saturated rings. The van der Waals surface area contributed by atoms with E-state index in [0.717, 1.165) is 36.8 Å². The van der Waals surface area contributed by atoms with Crippen LogP contribution in [0, 0.1) is 0 Å². The normalized spacial score (nSPS) is 15.5. The van der Waals surface area contributed by atoms with Gasteiger partial charge in [-0.25, -0.2) is 0 Å². The van der Waals surface area contributed by atoms with Gasteiger partial charge in [-0.05, 0) is 146 Å². The molecular weight excluding hydrogens is 733 g/mol. The van der Waals surface area contributed by atoms with E-state index < -0.39 is 0 Å². The molecule has 0 heteroatoms. The third-order valence-electron chi connectivity index (χ3n) is 12.1. The fraction of sp³-hybridized carbons (Fsp3) is 0.213. The molecule has 0 heterocycles. The summed E-state index contributed by atoms with van der Waals surface area (Å²) in [6, 6.07) is 36.1. The lowest BCUT2D eigenvalue weighted by atomic mass is 9.78. The highest BCUT2D eigenvalue weighted by Crippen LogP contribution is 2.51. The standard InChI is InChI=1S/C57H52.2C2H6/c1-7-21-50-45(9-3)56(44-35-36-49-48-29-19-20-30-52(48)57(5,6)53(49)38-44)46(10-4)51(22-8-2)55(50)42-33-31-41(32-34-42)54(40-25-15-12-16-26-40)47-28-18-17-27-43(47)37-39-23-13-11-14-24-39;2*1-2/h7-17,19-25,27,29-36,38H,3-4,18,26,28,37H2,1-2,5-6H3;2*1-2H3/b21-7-,22-8-,54-40-;;. The van der Waals surface area contributed by atoms with Crippen LogP contribution >= 0.6 is 0 Å². The molecule has 61 heavy (non-hydrogen) atoms. The molecule has 0 nitrogen and oxygen atoms in total. The van der Waals surface area contributed by atoms with Crippen molar-refractivity contribution in [3.05, 3.63) is 220 Å². The summed E-state index contributed by atoms with van der Waals surface area (Å²) in [5, 5.41) is 0. The van der Waals surface area contributed by atoms with Crippen molar-refractivity contribution in [2.24, 2.45) is 0 Å². The minimum Gasteiger partial charge on any atom is -0.0984 e. The first-order valence-corrected chi connectivity index (χ1v) is 22.5. The van der Waals surface area contributed by atoms with Crippen molar-refractivity contribution in [3.8, 4) is 33.4 Å². The molecule has 0 bridgehead atoms. The van der Waals surface area contributed by atoms with Crippen LogP contribution in [0.5, 0.6) is 0 Å². The van der Waals surface area contributed by atoms with Gasteiger partial charge in [0.15, 0.2) is 0 Å². The molecule has 0 atom stereocenters. The number of hydrogen-bond acceptors (Lipinski definition) is 0. The van der Waals surface area contributed by atoms with E-state index in [1.165, 1.54) is 89.1 Å². The molecule has 3 aliphatic rings. The summed E-state index contributed by atoms with van der Waals surface area (Å²) in [6.45, 7) is 25.8. The van der Waals surface area contributed by atoms with E-state index in [1.54, 1.807) is 0 Å². The molecule has 0 saturated heterocycles. The van der Waals surface area contributed by atoms with Crippen LogP contribution in [0.1, 0.15) is 119 Å². The van der Waals surface area contributed by atoms with Crippen molar-refractivity contribution in [2.45, 2.75) is 86.5 Å². The van der Waals surface area contributed by atoms with E-state index in [2.05, 4.69) is 199 Å². The van der Waals surface area contributed by atoms with Gasteiger partial charge in [-0.2, -0.15) is 0 Å². The first kappa shape index (κ1) is 44.3. The molecule has 0 amide bonds. The van der Waals surface area contributed by atoms with E-state index in [4.69, 9.17) is 0 Å². The van der Waals surface area contributed by atoms with Gasteiger partial charge in [0.25, 0.3) is 0 Å². The van der Waals surface area contributed by atoms with Crippen LogP contribution in [0.4, 0.5) is 0 Å². The fourth-order valence-corrected chi connectivity index (χ4v) is 9.45. The second-order valence-corrected chi connectivity index (χ2v) is 15.8. The smallest absolute Gasteiger partial charge is 0.0159 e. The summed E-state index contributed by atoms with van der Waals surface area (Å²) in [6.07, 6.45) is 30.5. The van der Waals surface area contributed by atoms with Gasteiger partial charge in [-0.1, -0.05) is 219 Å². The number of fused-ring (bicyclic) bond motifs is 3. The summed E-state index contributed by atoms with van der Waals surface area (Å²) in [7, 11) is 0.